The molecule has 0 spiro atoms. The molecule has 0 saturated heterocycles. The third-order valence-corrected chi connectivity index (χ3v) is 6.13. The molecule has 1 aliphatic heterocycles. The van der Waals surface area contributed by atoms with Gasteiger partial charge in [0, 0.05) is 22.3 Å². The number of rotatable bonds is 7. The van der Waals surface area contributed by atoms with Crippen molar-refractivity contribution in [2.24, 2.45) is 0 Å². The van der Waals surface area contributed by atoms with E-state index in [1.54, 1.807) is 42.5 Å². The average Bonchev–Trinajstić information content (AvgIpc) is 3.08. The van der Waals surface area contributed by atoms with Crippen LogP contribution < -0.4 is 25.0 Å². The van der Waals surface area contributed by atoms with Crippen LogP contribution in [0.3, 0.4) is 0 Å². The lowest BCUT2D eigenvalue weighted by Gasteiger charge is -2.19. The van der Waals surface area contributed by atoms with Gasteiger partial charge in [-0.25, -0.2) is 4.90 Å². The Hall–Kier alpha value is -3.72. The Morgan fingerprint density at radius 2 is 1.67 bits per heavy atom. The number of imide groups is 1. The van der Waals surface area contributed by atoms with Gasteiger partial charge in [0.2, 0.25) is 0 Å². The Balaban J connectivity index is 1.58. The Bertz CT molecular complexity index is 1420. The molecule has 0 radical (unpaired) electrons. The molecule has 11 heteroatoms. The smallest absolute Gasteiger partial charge is 0.283 e. The number of methoxy groups -OCH3 is 2. The molecule has 8 nitrogen and oxygen atoms in total. The highest BCUT2D eigenvalue weighted by Gasteiger charge is 2.40. The number of halogens is 3. The average molecular weight is 547 g/mol. The maximum absolute atomic E-state index is 13.2. The lowest BCUT2D eigenvalue weighted by atomic mass is 10.1. The fraction of sp³-hybridized carbons (Fsp3) is 0.0800. The highest BCUT2D eigenvalue weighted by molar-refractivity contribution is 6.53. The van der Waals surface area contributed by atoms with Gasteiger partial charge in [-0.2, -0.15) is 0 Å². The summed E-state index contributed by atoms with van der Waals surface area (Å²) in [7, 11) is 2.87. The summed E-state index contributed by atoms with van der Waals surface area (Å²) in [4.78, 5) is 39.8. The number of nitrogens with one attached hydrogen (secondary N) is 2. The number of amides is 3. The summed E-state index contributed by atoms with van der Waals surface area (Å²) in [6, 6.07) is 15.7. The van der Waals surface area contributed by atoms with Crippen molar-refractivity contribution in [1.29, 1.82) is 0 Å². The van der Waals surface area contributed by atoms with E-state index >= 15 is 0 Å². The van der Waals surface area contributed by atoms with Gasteiger partial charge in [0.05, 0.1) is 30.6 Å². The summed E-state index contributed by atoms with van der Waals surface area (Å²) in [6.07, 6.45) is 0. The Morgan fingerprint density at radius 3 is 2.36 bits per heavy atom. The van der Waals surface area contributed by atoms with Crippen LogP contribution in [0.5, 0.6) is 11.5 Å². The van der Waals surface area contributed by atoms with Crippen molar-refractivity contribution in [2.75, 3.05) is 29.8 Å². The van der Waals surface area contributed by atoms with E-state index in [9.17, 15) is 14.4 Å². The van der Waals surface area contributed by atoms with E-state index in [-0.39, 0.29) is 32.8 Å². The number of anilines is 3. The van der Waals surface area contributed by atoms with E-state index in [0.29, 0.717) is 22.1 Å². The zero-order valence-electron chi connectivity index (χ0n) is 18.9. The molecule has 2 N–H and O–H groups in total. The normalized spacial score (nSPS) is 13.2. The molecule has 0 saturated carbocycles. The van der Waals surface area contributed by atoms with Crippen LogP contribution in [0, 0.1) is 0 Å². The second-order valence-electron chi connectivity index (χ2n) is 7.46. The monoisotopic (exact) mass is 545 g/mol. The van der Waals surface area contributed by atoms with Crippen LogP contribution in [0.15, 0.2) is 71.4 Å². The molecule has 0 atom stereocenters. The summed E-state index contributed by atoms with van der Waals surface area (Å²) in [5, 5.41) is 5.96. The summed E-state index contributed by atoms with van der Waals surface area (Å²) < 4.78 is 10.5. The first-order valence-electron chi connectivity index (χ1n) is 10.4. The quantitative estimate of drug-likeness (QED) is 0.369. The largest absolute Gasteiger partial charge is 0.497 e. The van der Waals surface area contributed by atoms with Crippen LogP contribution in [0.4, 0.5) is 17.1 Å². The number of carbonyl (C=O) groups is 3. The van der Waals surface area contributed by atoms with Gasteiger partial charge in [-0.3, -0.25) is 14.4 Å². The molecule has 36 heavy (non-hydrogen) atoms. The second kappa shape index (κ2) is 10.5. The first kappa shape index (κ1) is 25.4. The maximum Gasteiger partial charge on any atom is 0.283 e. The first-order chi connectivity index (χ1) is 17.2. The fourth-order valence-electron chi connectivity index (χ4n) is 3.47. The van der Waals surface area contributed by atoms with Crippen LogP contribution in [-0.2, 0) is 9.59 Å². The predicted molar refractivity (Wildman–Crippen MR) is 139 cm³/mol. The predicted octanol–water partition coefficient (Wildman–Crippen LogP) is 5.70. The number of ether oxygens (including phenoxy) is 2. The summed E-state index contributed by atoms with van der Waals surface area (Å²) in [5.74, 6) is -1.17. The lowest BCUT2D eigenvalue weighted by Crippen LogP contribution is -2.32. The number of hydrogen-bond acceptors (Lipinski definition) is 6. The number of carbonyl (C=O) groups excluding carboxylic acids is 3. The van der Waals surface area contributed by atoms with Gasteiger partial charge in [-0.05, 0) is 48.5 Å². The van der Waals surface area contributed by atoms with E-state index in [1.807, 2.05) is 0 Å². The summed E-state index contributed by atoms with van der Waals surface area (Å²) in [6.45, 7) is 0. The summed E-state index contributed by atoms with van der Waals surface area (Å²) in [5.41, 5.74) is 1.04. The molecule has 3 aromatic rings. The Morgan fingerprint density at radius 1 is 0.889 bits per heavy atom. The molecule has 1 aliphatic rings. The minimum absolute atomic E-state index is 0.148. The molecule has 3 aromatic carbocycles. The molecule has 0 aliphatic carbocycles. The van der Waals surface area contributed by atoms with Gasteiger partial charge < -0.3 is 20.1 Å². The molecular weight excluding hydrogens is 529 g/mol. The van der Waals surface area contributed by atoms with E-state index in [0.717, 1.165) is 4.90 Å². The number of benzene rings is 3. The van der Waals surface area contributed by atoms with Crippen LogP contribution in [-0.4, -0.2) is 31.9 Å². The van der Waals surface area contributed by atoms with Crippen molar-refractivity contribution in [1.82, 2.24) is 0 Å². The van der Waals surface area contributed by atoms with E-state index in [1.165, 1.54) is 32.4 Å². The van der Waals surface area contributed by atoms with Gasteiger partial charge >= 0.3 is 0 Å². The zero-order valence-corrected chi connectivity index (χ0v) is 21.2. The van der Waals surface area contributed by atoms with E-state index < -0.39 is 17.7 Å². The molecule has 1 heterocycles. The fourth-order valence-corrected chi connectivity index (χ4v) is 4.14. The van der Waals surface area contributed by atoms with Crippen molar-refractivity contribution in [2.45, 2.75) is 0 Å². The van der Waals surface area contributed by atoms with Crippen LogP contribution >= 0.6 is 34.8 Å². The van der Waals surface area contributed by atoms with Crippen molar-refractivity contribution in [3.63, 3.8) is 0 Å². The third-order valence-electron chi connectivity index (χ3n) is 5.23. The molecule has 0 unspecified atom stereocenters. The molecule has 3 amide bonds. The number of hydrogen-bond donors (Lipinski definition) is 2. The lowest BCUT2D eigenvalue weighted by molar-refractivity contribution is -0.120. The van der Waals surface area contributed by atoms with Gasteiger partial charge in [-0.1, -0.05) is 40.9 Å². The first-order valence-corrected chi connectivity index (χ1v) is 11.5. The topological polar surface area (TPSA) is 97.0 Å². The van der Waals surface area contributed by atoms with Gasteiger partial charge in [0.15, 0.2) is 0 Å². The molecule has 4 rings (SSSR count). The minimum Gasteiger partial charge on any atom is -0.497 e. The number of nitrogens with zero attached hydrogens (tertiary/aromatic N) is 1. The van der Waals surface area contributed by atoms with Crippen molar-refractivity contribution >= 4 is 69.6 Å². The molecule has 0 bridgehead atoms. The zero-order chi connectivity index (χ0) is 26.0. The highest BCUT2D eigenvalue weighted by atomic mass is 35.5. The second-order valence-corrected chi connectivity index (χ2v) is 8.68. The van der Waals surface area contributed by atoms with Crippen molar-refractivity contribution < 1.29 is 23.9 Å². The molecule has 184 valence electrons. The molecular formula is C25H18Cl3N3O5. The van der Waals surface area contributed by atoms with Crippen LogP contribution in [0.2, 0.25) is 10.0 Å². The van der Waals surface area contributed by atoms with Gasteiger partial charge in [0.1, 0.15) is 22.2 Å². The van der Waals surface area contributed by atoms with Gasteiger partial charge in [-0.15, -0.1) is 0 Å². The van der Waals surface area contributed by atoms with E-state index in [2.05, 4.69) is 10.6 Å². The minimum atomic E-state index is -0.734. The third kappa shape index (κ3) is 4.97. The van der Waals surface area contributed by atoms with E-state index in [4.69, 9.17) is 44.3 Å². The van der Waals surface area contributed by atoms with Crippen LogP contribution in [0.25, 0.3) is 0 Å². The Labute approximate surface area is 221 Å². The van der Waals surface area contributed by atoms with Crippen molar-refractivity contribution in [3.8, 4) is 11.5 Å². The maximum atomic E-state index is 13.2. The van der Waals surface area contributed by atoms with Gasteiger partial charge in [0.25, 0.3) is 17.7 Å². The Kier molecular flexibility index (Phi) is 7.40. The summed E-state index contributed by atoms with van der Waals surface area (Å²) >= 11 is 18.3. The van der Waals surface area contributed by atoms with Crippen molar-refractivity contribution in [3.05, 3.63) is 87.0 Å². The molecule has 0 aromatic heterocycles. The standard InChI is InChI=1S/C25H18Cl3N3O5/c1-35-16-7-9-20(36-2)19(12-16)31-24(33)21(28)22(25(31)34)29-15-5-3-4-13(10-15)23(32)30-18-8-6-14(26)11-17(18)27/h3-12,29H,1-2H3,(H,30,32). The SMILES string of the molecule is COc1ccc(OC)c(N2C(=O)C(Cl)=C(Nc3cccc(C(=O)Nc4ccc(Cl)cc4Cl)c3)C2=O)c1. The molecule has 0 fully saturated rings. The highest BCUT2D eigenvalue weighted by Crippen LogP contribution is 2.38. The van der Waals surface area contributed by atoms with Crippen LogP contribution in [0.1, 0.15) is 10.4 Å².